The van der Waals surface area contributed by atoms with E-state index in [4.69, 9.17) is 9.47 Å². The average Bonchev–Trinajstić information content (AvgIpc) is 2.85. The highest BCUT2D eigenvalue weighted by molar-refractivity contribution is 8.00. The number of ether oxygens (including phenoxy) is 2. The van der Waals surface area contributed by atoms with Gasteiger partial charge in [0.2, 0.25) is 0 Å². The second kappa shape index (κ2) is 11.5. The molecule has 1 unspecified atom stereocenters. The monoisotopic (exact) mass is 448 g/mol. The van der Waals surface area contributed by atoms with Crippen LogP contribution in [0.5, 0.6) is 11.5 Å². The van der Waals surface area contributed by atoms with Crippen LogP contribution in [-0.2, 0) is 4.74 Å². The minimum absolute atomic E-state index is 0.0167. The van der Waals surface area contributed by atoms with Crippen LogP contribution in [0.4, 0.5) is 0 Å². The molecule has 4 heteroatoms. The van der Waals surface area contributed by atoms with Gasteiger partial charge in [0.25, 0.3) is 0 Å². The molecule has 0 aromatic heterocycles. The van der Waals surface area contributed by atoms with Crippen molar-refractivity contribution in [2.75, 3.05) is 19.0 Å². The number of benzene rings is 3. The standard InChI is InChI=1S/C28H32O3S/c1-2-30-18-19-32-28(23-9-4-3-5-10-23)27(29)22-13-15-25(16-14-22)31-26-17-12-21-8-6-7-11-24(21)20-26/h6-8,11-17,20,23,28H,2-5,9-10,18-19H2,1H3. The van der Waals surface area contributed by atoms with Crippen LogP contribution < -0.4 is 4.74 Å². The van der Waals surface area contributed by atoms with Gasteiger partial charge in [-0.2, -0.15) is 0 Å². The van der Waals surface area contributed by atoms with E-state index in [9.17, 15) is 4.79 Å². The molecule has 0 radical (unpaired) electrons. The van der Waals surface area contributed by atoms with E-state index in [1.165, 1.54) is 24.6 Å². The molecule has 1 atom stereocenters. The van der Waals surface area contributed by atoms with E-state index in [2.05, 4.69) is 18.2 Å². The van der Waals surface area contributed by atoms with E-state index < -0.39 is 0 Å². The number of ketones is 1. The van der Waals surface area contributed by atoms with Crippen LogP contribution in [0.1, 0.15) is 49.4 Å². The zero-order valence-electron chi connectivity index (χ0n) is 18.8. The van der Waals surface area contributed by atoms with E-state index in [-0.39, 0.29) is 11.0 Å². The summed E-state index contributed by atoms with van der Waals surface area (Å²) < 4.78 is 11.6. The molecule has 3 aromatic rings. The number of carbonyl (C=O) groups is 1. The maximum absolute atomic E-state index is 13.4. The lowest BCUT2D eigenvalue weighted by atomic mass is 9.84. The van der Waals surface area contributed by atoms with Gasteiger partial charge in [0.15, 0.2) is 5.78 Å². The molecule has 1 saturated carbocycles. The lowest BCUT2D eigenvalue weighted by Crippen LogP contribution is -2.29. The van der Waals surface area contributed by atoms with Gasteiger partial charge in [-0.15, -0.1) is 11.8 Å². The topological polar surface area (TPSA) is 35.5 Å². The van der Waals surface area contributed by atoms with E-state index in [1.807, 2.05) is 55.5 Å². The van der Waals surface area contributed by atoms with Crippen LogP contribution in [0.25, 0.3) is 10.8 Å². The van der Waals surface area contributed by atoms with Crippen LogP contribution in [0.2, 0.25) is 0 Å². The van der Waals surface area contributed by atoms with Crippen molar-refractivity contribution in [3.05, 3.63) is 72.3 Å². The normalized spacial score (nSPS) is 15.5. The third kappa shape index (κ3) is 5.93. The molecule has 0 bridgehead atoms. The summed E-state index contributed by atoms with van der Waals surface area (Å²) in [6, 6.07) is 22.0. The van der Waals surface area contributed by atoms with Gasteiger partial charge < -0.3 is 9.47 Å². The van der Waals surface area contributed by atoms with E-state index in [0.29, 0.717) is 12.5 Å². The first-order chi connectivity index (χ1) is 15.7. The summed E-state index contributed by atoms with van der Waals surface area (Å²) >= 11 is 1.77. The highest BCUT2D eigenvalue weighted by Gasteiger charge is 2.30. The van der Waals surface area contributed by atoms with Gasteiger partial charge in [-0.1, -0.05) is 49.6 Å². The molecular formula is C28H32O3S. The van der Waals surface area contributed by atoms with Crippen molar-refractivity contribution in [1.29, 1.82) is 0 Å². The summed E-state index contributed by atoms with van der Waals surface area (Å²) in [5.41, 5.74) is 0.773. The molecular weight excluding hydrogens is 416 g/mol. The van der Waals surface area contributed by atoms with Gasteiger partial charge in [-0.3, -0.25) is 4.79 Å². The number of Topliss-reactive ketones (excluding diaryl/α,β-unsaturated/α-hetero) is 1. The summed E-state index contributed by atoms with van der Waals surface area (Å²) in [4.78, 5) is 13.4. The molecule has 1 aliphatic carbocycles. The van der Waals surface area contributed by atoms with Crippen molar-refractivity contribution < 1.29 is 14.3 Å². The third-order valence-electron chi connectivity index (χ3n) is 6.16. The number of thioether (sulfide) groups is 1. The van der Waals surface area contributed by atoms with Gasteiger partial charge in [0.1, 0.15) is 11.5 Å². The van der Waals surface area contributed by atoms with Crippen molar-refractivity contribution in [3.63, 3.8) is 0 Å². The fourth-order valence-corrected chi connectivity index (χ4v) is 5.76. The maximum Gasteiger partial charge on any atom is 0.176 e. The fraction of sp³-hybridized carbons (Fsp3) is 0.393. The predicted octanol–water partition coefficient (Wildman–Crippen LogP) is 7.53. The summed E-state index contributed by atoms with van der Waals surface area (Å²) in [6.07, 6.45) is 6.07. The number of hydrogen-bond donors (Lipinski definition) is 0. The average molecular weight is 449 g/mol. The fourth-order valence-electron chi connectivity index (χ4n) is 4.46. The van der Waals surface area contributed by atoms with Gasteiger partial charge in [-0.25, -0.2) is 0 Å². The Hall–Kier alpha value is -2.30. The molecule has 1 aliphatic rings. The Kier molecular flexibility index (Phi) is 8.24. The molecule has 1 fully saturated rings. The lowest BCUT2D eigenvalue weighted by molar-refractivity contribution is 0.0959. The number of carbonyl (C=O) groups excluding carboxylic acids is 1. The van der Waals surface area contributed by atoms with Crippen molar-refractivity contribution in [2.45, 2.75) is 44.3 Å². The summed E-state index contributed by atoms with van der Waals surface area (Å²) in [5.74, 6) is 3.13. The number of rotatable bonds is 10. The highest BCUT2D eigenvalue weighted by atomic mass is 32.2. The summed E-state index contributed by atoms with van der Waals surface area (Å²) in [7, 11) is 0. The first-order valence-electron chi connectivity index (χ1n) is 11.7. The van der Waals surface area contributed by atoms with Gasteiger partial charge in [-0.05, 0) is 72.9 Å². The molecule has 32 heavy (non-hydrogen) atoms. The van der Waals surface area contributed by atoms with Gasteiger partial charge in [0, 0.05) is 17.9 Å². The summed E-state index contributed by atoms with van der Waals surface area (Å²) in [5, 5.41) is 2.36. The zero-order valence-corrected chi connectivity index (χ0v) is 19.6. The van der Waals surface area contributed by atoms with Crippen molar-refractivity contribution >= 4 is 28.3 Å². The van der Waals surface area contributed by atoms with Crippen molar-refractivity contribution in [2.24, 2.45) is 5.92 Å². The molecule has 168 valence electrons. The van der Waals surface area contributed by atoms with E-state index in [1.54, 1.807) is 11.8 Å². The maximum atomic E-state index is 13.4. The van der Waals surface area contributed by atoms with Crippen LogP contribution in [-0.4, -0.2) is 30.0 Å². The Bertz CT molecular complexity index is 1010. The molecule has 0 spiro atoms. The SMILES string of the molecule is CCOCCSC(C(=O)c1ccc(Oc2ccc3ccccc3c2)cc1)C1CCCCC1. The third-order valence-corrected chi connectivity index (χ3v) is 7.52. The Labute approximate surface area is 195 Å². The minimum atomic E-state index is 0.0167. The molecule has 3 aromatic carbocycles. The number of hydrogen-bond acceptors (Lipinski definition) is 4. The van der Waals surface area contributed by atoms with Gasteiger partial charge >= 0.3 is 0 Å². The summed E-state index contributed by atoms with van der Waals surface area (Å²) in [6.45, 7) is 3.44. The van der Waals surface area contributed by atoms with E-state index in [0.717, 1.165) is 47.7 Å². The lowest BCUT2D eigenvalue weighted by Gasteiger charge is -2.29. The molecule has 0 saturated heterocycles. The van der Waals surface area contributed by atoms with Crippen LogP contribution >= 0.6 is 11.8 Å². The molecule has 0 N–H and O–H groups in total. The largest absolute Gasteiger partial charge is 0.457 e. The smallest absolute Gasteiger partial charge is 0.176 e. The first-order valence-corrected chi connectivity index (χ1v) is 12.8. The Morgan fingerprint density at radius 3 is 2.41 bits per heavy atom. The van der Waals surface area contributed by atoms with E-state index >= 15 is 0 Å². The predicted molar refractivity (Wildman–Crippen MR) is 134 cm³/mol. The van der Waals surface area contributed by atoms with Crippen molar-refractivity contribution in [1.82, 2.24) is 0 Å². The second-order valence-electron chi connectivity index (χ2n) is 8.39. The molecule has 0 heterocycles. The second-order valence-corrected chi connectivity index (χ2v) is 9.64. The molecule has 0 aliphatic heterocycles. The van der Waals surface area contributed by atoms with Crippen LogP contribution in [0.3, 0.4) is 0 Å². The zero-order chi connectivity index (χ0) is 22.2. The molecule has 3 nitrogen and oxygen atoms in total. The number of fused-ring (bicyclic) bond motifs is 1. The van der Waals surface area contributed by atoms with Crippen LogP contribution in [0, 0.1) is 5.92 Å². The van der Waals surface area contributed by atoms with Crippen LogP contribution in [0.15, 0.2) is 66.7 Å². The molecule has 0 amide bonds. The molecule has 4 rings (SSSR count). The Balaban J connectivity index is 1.44. The minimum Gasteiger partial charge on any atom is -0.457 e. The highest BCUT2D eigenvalue weighted by Crippen LogP contribution is 2.35. The van der Waals surface area contributed by atoms with Gasteiger partial charge in [0.05, 0.1) is 11.9 Å². The Morgan fingerprint density at radius 1 is 0.938 bits per heavy atom. The van der Waals surface area contributed by atoms with Crippen molar-refractivity contribution in [3.8, 4) is 11.5 Å². The Morgan fingerprint density at radius 2 is 1.66 bits per heavy atom. The quantitative estimate of drug-likeness (QED) is 0.237. The first kappa shape index (κ1) is 22.9.